The maximum absolute atomic E-state index is 13.9. The molecule has 0 rings (SSSR count). The van der Waals surface area contributed by atoms with E-state index in [1.165, 1.54) is 14.1 Å². The highest BCUT2D eigenvalue weighted by Gasteiger charge is 2.85. The fraction of sp³-hybridized carbons (Fsp3) is 0.846. The fourth-order valence-electron chi connectivity index (χ4n) is 2.22. The zero-order chi connectivity index (χ0) is 25.3. The third-order valence-electron chi connectivity index (χ3n) is 3.82. The van der Waals surface area contributed by atoms with Gasteiger partial charge in [0.25, 0.3) is 10.0 Å². The molecule has 0 radical (unpaired) electrons. The van der Waals surface area contributed by atoms with Gasteiger partial charge in [0.15, 0.2) is 0 Å². The van der Waals surface area contributed by atoms with E-state index >= 15 is 0 Å². The van der Waals surface area contributed by atoms with Gasteiger partial charge in [-0.15, -0.1) is 0 Å². The molecule has 31 heavy (non-hydrogen) atoms. The standard InChI is InChI=1S/C13H17F9N2O6S/c1-24(2,7-9(27)28)5-3-4-23(6-8(25)26)31(29,30)13(21,22)11(16,17)10(14,15)12(18,19)20/h3-7H2,1-2H3,(H-,25,26,27,28). The van der Waals surface area contributed by atoms with Crippen molar-refractivity contribution in [2.45, 2.75) is 29.7 Å². The third kappa shape index (κ3) is 6.12. The zero-order valence-corrected chi connectivity index (χ0v) is 16.5. The van der Waals surface area contributed by atoms with Gasteiger partial charge in [0.2, 0.25) is 0 Å². The minimum atomic E-state index is -7.50. The first kappa shape index (κ1) is 29.2. The normalized spacial score (nSPS) is 14.7. The molecule has 0 aromatic heterocycles. The monoisotopic (exact) mass is 500 g/mol. The molecular formula is C13H17F9N2O6S. The fourth-order valence-corrected chi connectivity index (χ4v) is 3.65. The van der Waals surface area contributed by atoms with Crippen LogP contribution < -0.4 is 5.11 Å². The predicted molar refractivity (Wildman–Crippen MR) is 80.5 cm³/mol. The first-order valence-electron chi connectivity index (χ1n) is 7.87. The van der Waals surface area contributed by atoms with Gasteiger partial charge in [0, 0.05) is 13.0 Å². The number of quaternary nitrogens is 1. The Morgan fingerprint density at radius 1 is 0.968 bits per heavy atom. The number of aliphatic carboxylic acids is 2. The minimum Gasteiger partial charge on any atom is -0.544 e. The van der Waals surface area contributed by atoms with E-state index in [9.17, 15) is 62.6 Å². The second kappa shape index (κ2) is 8.97. The van der Waals surface area contributed by atoms with Crippen LogP contribution in [0.15, 0.2) is 0 Å². The van der Waals surface area contributed by atoms with Crippen molar-refractivity contribution >= 4 is 22.0 Å². The van der Waals surface area contributed by atoms with Crippen molar-refractivity contribution < 1.29 is 72.2 Å². The van der Waals surface area contributed by atoms with E-state index < -0.39 is 80.1 Å². The molecule has 0 aliphatic heterocycles. The molecule has 0 heterocycles. The number of nitrogens with zero attached hydrogens (tertiary/aromatic N) is 2. The summed E-state index contributed by atoms with van der Waals surface area (Å²) in [4.78, 5) is 21.3. The van der Waals surface area contributed by atoms with Gasteiger partial charge in [0.05, 0.1) is 26.6 Å². The molecule has 0 saturated carbocycles. The molecule has 0 fully saturated rings. The van der Waals surface area contributed by atoms with Gasteiger partial charge in [-0.3, -0.25) is 4.79 Å². The van der Waals surface area contributed by atoms with Crippen molar-refractivity contribution in [3.63, 3.8) is 0 Å². The molecule has 0 unspecified atom stereocenters. The maximum atomic E-state index is 13.9. The highest BCUT2D eigenvalue weighted by molar-refractivity contribution is 7.90. The van der Waals surface area contributed by atoms with Crippen molar-refractivity contribution in [2.24, 2.45) is 0 Å². The lowest BCUT2D eigenvalue weighted by Gasteiger charge is -2.35. The van der Waals surface area contributed by atoms with E-state index in [2.05, 4.69) is 0 Å². The number of likely N-dealkylation sites (N-methyl/N-ethyl adjacent to an activating group) is 1. The summed E-state index contributed by atoms with van der Waals surface area (Å²) >= 11 is 0. The Labute approximate surface area is 169 Å². The van der Waals surface area contributed by atoms with Crippen LogP contribution in [-0.4, -0.2) is 97.8 Å². The molecule has 184 valence electrons. The first-order chi connectivity index (χ1) is 13.4. The van der Waals surface area contributed by atoms with Gasteiger partial charge in [-0.25, -0.2) is 8.42 Å². The highest BCUT2D eigenvalue weighted by atomic mass is 32.2. The third-order valence-corrected chi connectivity index (χ3v) is 5.72. The lowest BCUT2D eigenvalue weighted by molar-refractivity contribution is -0.884. The van der Waals surface area contributed by atoms with Crippen molar-refractivity contribution in [1.29, 1.82) is 0 Å². The lowest BCUT2D eigenvalue weighted by atomic mass is 10.1. The summed E-state index contributed by atoms with van der Waals surface area (Å²) < 4.78 is 140. The molecule has 18 heteroatoms. The topological polar surface area (TPSA) is 115 Å². The number of hydrogen-bond acceptors (Lipinski definition) is 5. The molecule has 0 aromatic carbocycles. The van der Waals surface area contributed by atoms with E-state index in [1.807, 2.05) is 0 Å². The van der Waals surface area contributed by atoms with E-state index in [0.717, 1.165) is 0 Å². The number of sulfonamides is 1. The number of carboxylic acids is 2. The van der Waals surface area contributed by atoms with Gasteiger partial charge in [0.1, 0.15) is 13.1 Å². The SMILES string of the molecule is C[N+](C)(CCCN(CC(=O)O)S(=O)(=O)C(F)(F)C(F)(F)C(F)(F)C(F)(F)F)CC(=O)[O-]. The summed E-state index contributed by atoms with van der Waals surface area (Å²) in [5, 5.41) is 12.1. The van der Waals surface area contributed by atoms with Crippen LogP contribution in [0.1, 0.15) is 6.42 Å². The number of rotatable bonds is 12. The van der Waals surface area contributed by atoms with E-state index in [0.29, 0.717) is 0 Å². The molecule has 0 aromatic rings. The van der Waals surface area contributed by atoms with Crippen LogP contribution in [-0.2, 0) is 19.6 Å². The van der Waals surface area contributed by atoms with Crippen molar-refractivity contribution in [2.75, 3.05) is 40.3 Å². The van der Waals surface area contributed by atoms with E-state index in [-0.39, 0.29) is 6.54 Å². The average Bonchev–Trinajstić information content (AvgIpc) is 2.50. The van der Waals surface area contributed by atoms with Crippen LogP contribution in [0, 0.1) is 0 Å². The van der Waals surface area contributed by atoms with Crippen LogP contribution in [0.5, 0.6) is 0 Å². The summed E-state index contributed by atoms with van der Waals surface area (Å²) in [6.45, 7) is -4.40. The lowest BCUT2D eigenvalue weighted by Crippen LogP contribution is -2.65. The number of carbonyl (C=O) groups excluding carboxylic acids is 1. The Kier molecular flexibility index (Phi) is 8.44. The number of hydrogen-bond donors (Lipinski definition) is 1. The van der Waals surface area contributed by atoms with Crippen LogP contribution in [0.25, 0.3) is 0 Å². The number of halogens is 9. The van der Waals surface area contributed by atoms with Crippen molar-refractivity contribution in [3.05, 3.63) is 0 Å². The predicted octanol–water partition coefficient (Wildman–Crippen LogP) is 0.345. The van der Waals surface area contributed by atoms with E-state index in [4.69, 9.17) is 5.11 Å². The smallest absolute Gasteiger partial charge is 0.460 e. The Bertz CT molecular complexity index is 783. The summed E-state index contributed by atoms with van der Waals surface area (Å²) in [5.41, 5.74) is 0. The molecule has 0 bridgehead atoms. The van der Waals surface area contributed by atoms with Gasteiger partial charge < -0.3 is 19.5 Å². The largest absolute Gasteiger partial charge is 0.544 e. The molecule has 0 saturated heterocycles. The Hall–Kier alpha value is -1.82. The summed E-state index contributed by atoms with van der Waals surface area (Å²) in [5.74, 6) is -18.8. The average molecular weight is 500 g/mol. The summed E-state index contributed by atoms with van der Waals surface area (Å²) in [6.07, 6.45) is -7.93. The van der Waals surface area contributed by atoms with Crippen molar-refractivity contribution in [1.82, 2.24) is 4.31 Å². The highest BCUT2D eigenvalue weighted by Crippen LogP contribution is 2.55. The van der Waals surface area contributed by atoms with Gasteiger partial charge in [-0.2, -0.15) is 43.8 Å². The summed E-state index contributed by atoms with van der Waals surface area (Å²) in [6, 6.07) is 0. The van der Waals surface area contributed by atoms with Gasteiger partial charge in [-0.05, 0) is 0 Å². The van der Waals surface area contributed by atoms with Crippen LogP contribution in [0.4, 0.5) is 39.5 Å². The van der Waals surface area contributed by atoms with Gasteiger partial charge in [-0.1, -0.05) is 0 Å². The van der Waals surface area contributed by atoms with Gasteiger partial charge >= 0.3 is 29.2 Å². The minimum absolute atomic E-state index is 0.389. The zero-order valence-electron chi connectivity index (χ0n) is 15.7. The van der Waals surface area contributed by atoms with E-state index in [1.54, 1.807) is 0 Å². The molecule has 0 spiro atoms. The van der Waals surface area contributed by atoms with Crippen LogP contribution in [0.2, 0.25) is 0 Å². The molecule has 1 N–H and O–H groups in total. The molecule has 0 atom stereocenters. The Morgan fingerprint density at radius 3 is 1.77 bits per heavy atom. The second-order valence-electron chi connectivity index (χ2n) is 6.94. The Balaban J connectivity index is 6.02. The number of carboxylic acid groups (broad SMARTS) is 2. The molecular weight excluding hydrogens is 483 g/mol. The molecule has 8 nitrogen and oxygen atoms in total. The number of carbonyl (C=O) groups is 2. The van der Waals surface area contributed by atoms with Crippen LogP contribution in [0.3, 0.4) is 0 Å². The molecule has 0 aliphatic rings. The first-order valence-corrected chi connectivity index (χ1v) is 9.31. The number of alkyl halides is 9. The van der Waals surface area contributed by atoms with Crippen LogP contribution >= 0.6 is 0 Å². The molecule has 0 aliphatic carbocycles. The van der Waals surface area contributed by atoms with Crippen molar-refractivity contribution in [3.8, 4) is 0 Å². The second-order valence-corrected chi connectivity index (χ2v) is 8.92. The molecule has 0 amide bonds. The Morgan fingerprint density at radius 2 is 1.42 bits per heavy atom. The summed E-state index contributed by atoms with van der Waals surface area (Å²) in [7, 11) is -4.64. The quantitative estimate of drug-likeness (QED) is 0.306. The maximum Gasteiger partial charge on any atom is 0.460 e.